The first-order valence-electron chi connectivity index (χ1n) is 13.7. The van der Waals surface area contributed by atoms with Crippen molar-refractivity contribution >= 4 is 27.5 Å². The van der Waals surface area contributed by atoms with Crippen LogP contribution in [-0.4, -0.2) is 48.5 Å². The van der Waals surface area contributed by atoms with E-state index in [0.717, 1.165) is 23.7 Å². The summed E-state index contributed by atoms with van der Waals surface area (Å²) in [5.74, 6) is -1.41. The van der Waals surface area contributed by atoms with Crippen molar-refractivity contribution < 1.29 is 28.0 Å². The number of fused-ring (bicyclic) bond motifs is 2. The Morgan fingerprint density at radius 1 is 1.21 bits per heavy atom. The summed E-state index contributed by atoms with van der Waals surface area (Å²) in [7, 11) is -4.07. The largest absolute Gasteiger partial charge is 0.480 e. The summed E-state index contributed by atoms with van der Waals surface area (Å²) in [6, 6.07) is 12.9. The Kier molecular flexibility index (Phi) is 8.88. The van der Waals surface area contributed by atoms with Crippen molar-refractivity contribution in [2.45, 2.75) is 45.6 Å². The molecule has 0 amide bonds. The van der Waals surface area contributed by atoms with Gasteiger partial charge >= 0.3 is 5.97 Å². The lowest BCUT2D eigenvalue weighted by molar-refractivity contribution is -0.403. The summed E-state index contributed by atoms with van der Waals surface area (Å²) in [6.07, 6.45) is 4.00. The topological polar surface area (TPSA) is 168 Å². The number of anilines is 1. The number of ketones is 1. The maximum absolute atomic E-state index is 13.2. The van der Waals surface area contributed by atoms with Crippen molar-refractivity contribution in [3.8, 4) is 11.1 Å². The summed E-state index contributed by atoms with van der Waals surface area (Å²) in [5.41, 5.74) is 1.41. The van der Waals surface area contributed by atoms with Crippen LogP contribution in [0.2, 0.25) is 0 Å². The van der Waals surface area contributed by atoms with Crippen LogP contribution < -0.4 is 15.4 Å². The van der Waals surface area contributed by atoms with E-state index >= 15 is 0 Å². The highest BCUT2D eigenvalue weighted by atomic mass is 32.2. The van der Waals surface area contributed by atoms with Gasteiger partial charge in [0, 0.05) is 24.1 Å². The Morgan fingerprint density at radius 3 is 2.50 bits per heavy atom. The summed E-state index contributed by atoms with van der Waals surface area (Å²) in [4.78, 5) is 35.3. The summed E-state index contributed by atoms with van der Waals surface area (Å²) >= 11 is 0. The Bertz CT molecular complexity index is 1520. The molecule has 224 valence electrons. The molecular formula is C30H36N4O7S. The zero-order valence-corrected chi connectivity index (χ0v) is 24.4. The SMILES string of the molecule is C=CCN/C(=C\[N+](=O)[O-])Nc1cccc(-c2ccc(C[C@H](NS(=O)(=O)CC34CC[C@@H](CC3=O)C4(C)C)C(=O)O)cc2)c1. The van der Waals surface area contributed by atoms with Gasteiger partial charge in [-0.2, -0.15) is 0 Å². The van der Waals surface area contributed by atoms with E-state index < -0.39 is 43.5 Å². The average molecular weight is 597 g/mol. The Hall–Kier alpha value is -4.03. The van der Waals surface area contributed by atoms with Crippen LogP contribution in [-0.2, 0) is 26.0 Å². The van der Waals surface area contributed by atoms with Crippen molar-refractivity contribution in [3.05, 3.63) is 88.9 Å². The molecule has 2 aliphatic rings. The summed E-state index contributed by atoms with van der Waals surface area (Å²) in [6.45, 7) is 7.81. The number of sulfonamides is 1. The molecule has 0 aromatic heterocycles. The number of carbonyl (C=O) groups excluding carboxylic acids is 1. The van der Waals surface area contributed by atoms with E-state index in [-0.39, 0.29) is 23.9 Å². The van der Waals surface area contributed by atoms with E-state index in [1.54, 1.807) is 42.5 Å². The number of carboxylic acids is 1. The van der Waals surface area contributed by atoms with E-state index in [1.807, 2.05) is 26.0 Å². The van der Waals surface area contributed by atoms with E-state index in [9.17, 15) is 33.2 Å². The molecule has 12 heteroatoms. The molecule has 42 heavy (non-hydrogen) atoms. The fourth-order valence-electron chi connectivity index (χ4n) is 6.28. The minimum atomic E-state index is -4.07. The lowest BCUT2D eigenvalue weighted by atomic mass is 9.70. The van der Waals surface area contributed by atoms with Gasteiger partial charge in [-0.25, -0.2) is 13.1 Å². The molecule has 4 rings (SSSR count). The molecule has 4 N–H and O–H groups in total. The number of hydrogen-bond donors (Lipinski definition) is 4. The number of nitrogens with one attached hydrogen (secondary N) is 3. The molecule has 0 aliphatic heterocycles. The number of rotatable bonds is 14. The van der Waals surface area contributed by atoms with Gasteiger partial charge in [-0.1, -0.05) is 56.3 Å². The minimum absolute atomic E-state index is 0.0473. The fourth-order valence-corrected chi connectivity index (χ4v) is 8.31. The van der Waals surface area contributed by atoms with Crippen molar-refractivity contribution in [2.75, 3.05) is 17.6 Å². The molecule has 11 nitrogen and oxygen atoms in total. The normalized spacial score (nSPS) is 22.0. The van der Waals surface area contributed by atoms with Crippen LogP contribution in [0.15, 0.2) is 73.2 Å². The molecule has 2 aromatic carbocycles. The average Bonchev–Trinajstić information content (AvgIpc) is 3.25. The standard InChI is InChI=1S/C30H36N4O7S/c1-4-14-31-27(18-34(38)39)32-24-7-5-6-22(16-24)21-10-8-20(9-11-21)15-25(28(36)37)33-42(40,41)19-30-13-12-23(17-26(30)35)29(30,2)3/h4-11,16,18,23,25,31-33H,1,12-15,17,19H2,2-3H3,(H,36,37)/b27-18+/t23-,25-,30?/m0/s1. The third kappa shape index (κ3) is 6.55. The molecule has 2 bridgehead atoms. The highest BCUT2D eigenvalue weighted by Gasteiger charge is 2.65. The molecule has 3 atom stereocenters. The smallest absolute Gasteiger partial charge is 0.322 e. The van der Waals surface area contributed by atoms with Crippen LogP contribution in [0.5, 0.6) is 0 Å². The van der Waals surface area contributed by atoms with E-state index in [0.29, 0.717) is 30.6 Å². The van der Waals surface area contributed by atoms with Crippen molar-refractivity contribution in [3.63, 3.8) is 0 Å². The molecular weight excluding hydrogens is 560 g/mol. The number of carbonyl (C=O) groups is 2. The van der Waals surface area contributed by atoms with Gasteiger partial charge in [-0.3, -0.25) is 19.7 Å². The maximum atomic E-state index is 13.2. The number of Topliss-reactive ketones (excluding diaryl/α,β-unsaturated/α-hetero) is 1. The van der Waals surface area contributed by atoms with Gasteiger partial charge in [0.1, 0.15) is 11.8 Å². The van der Waals surface area contributed by atoms with Crippen LogP contribution >= 0.6 is 0 Å². The molecule has 1 unspecified atom stereocenters. The maximum Gasteiger partial charge on any atom is 0.322 e. The second-order valence-electron chi connectivity index (χ2n) is 11.5. The summed E-state index contributed by atoms with van der Waals surface area (Å²) in [5, 5.41) is 26.6. The van der Waals surface area contributed by atoms with Gasteiger partial charge < -0.3 is 15.7 Å². The quantitative estimate of drug-likeness (QED) is 0.143. The first-order valence-corrected chi connectivity index (χ1v) is 15.3. The van der Waals surface area contributed by atoms with Crippen LogP contribution in [0.4, 0.5) is 5.69 Å². The highest BCUT2D eigenvalue weighted by Crippen LogP contribution is 2.64. The third-order valence-corrected chi connectivity index (χ3v) is 10.3. The molecule has 2 saturated carbocycles. The third-order valence-electron chi connectivity index (χ3n) is 8.74. The van der Waals surface area contributed by atoms with Crippen molar-refractivity contribution in [1.29, 1.82) is 0 Å². The van der Waals surface area contributed by atoms with Crippen LogP contribution in [0.1, 0.15) is 38.7 Å². The number of nitrogens with zero attached hydrogens (tertiary/aromatic N) is 1. The molecule has 2 fully saturated rings. The molecule has 2 aliphatic carbocycles. The monoisotopic (exact) mass is 596 g/mol. The highest BCUT2D eigenvalue weighted by molar-refractivity contribution is 7.89. The van der Waals surface area contributed by atoms with E-state index in [1.165, 1.54) is 0 Å². The van der Waals surface area contributed by atoms with Crippen LogP contribution in [0, 0.1) is 26.9 Å². The van der Waals surface area contributed by atoms with Gasteiger partial charge in [-0.15, -0.1) is 6.58 Å². The van der Waals surface area contributed by atoms with Gasteiger partial charge in [-0.05, 0) is 59.4 Å². The van der Waals surface area contributed by atoms with Crippen molar-refractivity contribution in [2.24, 2.45) is 16.7 Å². The van der Waals surface area contributed by atoms with Crippen LogP contribution in [0.25, 0.3) is 11.1 Å². The van der Waals surface area contributed by atoms with Gasteiger partial charge in [0.05, 0.1) is 10.7 Å². The Morgan fingerprint density at radius 2 is 1.93 bits per heavy atom. The van der Waals surface area contributed by atoms with Gasteiger partial charge in [0.2, 0.25) is 10.0 Å². The molecule has 0 radical (unpaired) electrons. The summed E-state index contributed by atoms with van der Waals surface area (Å²) < 4.78 is 28.7. The molecule has 0 spiro atoms. The predicted octanol–water partition coefficient (Wildman–Crippen LogP) is 3.93. The second kappa shape index (κ2) is 12.1. The number of benzene rings is 2. The number of carboxylic acid groups (broad SMARTS) is 1. The zero-order chi connectivity index (χ0) is 30.7. The minimum Gasteiger partial charge on any atom is -0.480 e. The molecule has 0 saturated heterocycles. The second-order valence-corrected chi connectivity index (χ2v) is 13.3. The first-order chi connectivity index (χ1) is 19.8. The number of aliphatic carboxylic acids is 1. The zero-order valence-electron chi connectivity index (χ0n) is 23.6. The molecule has 0 heterocycles. The van der Waals surface area contributed by atoms with Gasteiger partial charge in [0.25, 0.3) is 6.20 Å². The first kappa shape index (κ1) is 30.9. The lowest BCUT2D eigenvalue weighted by Crippen LogP contribution is -2.49. The predicted molar refractivity (Wildman–Crippen MR) is 159 cm³/mol. The molecule has 2 aromatic rings. The van der Waals surface area contributed by atoms with E-state index in [2.05, 4.69) is 21.9 Å². The Balaban J connectivity index is 1.45. The number of nitro groups is 1. The number of hydrogen-bond acceptors (Lipinski definition) is 8. The fraction of sp³-hybridized carbons (Fsp3) is 0.400. The Labute approximate surface area is 245 Å². The van der Waals surface area contributed by atoms with Gasteiger partial charge in [0.15, 0.2) is 5.82 Å². The van der Waals surface area contributed by atoms with E-state index in [4.69, 9.17) is 0 Å². The van der Waals surface area contributed by atoms with Crippen LogP contribution in [0.3, 0.4) is 0 Å². The lowest BCUT2D eigenvalue weighted by Gasteiger charge is -2.36. The van der Waals surface area contributed by atoms with Crippen molar-refractivity contribution in [1.82, 2.24) is 10.0 Å².